The predicted octanol–water partition coefficient (Wildman–Crippen LogP) is 3.45. The molecule has 0 fully saturated rings. The van der Waals surface area contributed by atoms with Crippen LogP contribution >= 0.6 is 0 Å². The third-order valence-electron chi connectivity index (χ3n) is 3.92. The van der Waals surface area contributed by atoms with E-state index in [1.165, 1.54) is 10.8 Å². The van der Waals surface area contributed by atoms with E-state index in [0.717, 1.165) is 16.3 Å². The number of pyridine rings is 2. The molecule has 0 aliphatic heterocycles. The summed E-state index contributed by atoms with van der Waals surface area (Å²) in [5.74, 6) is 0.667. The maximum absolute atomic E-state index is 10.3. The zero-order valence-corrected chi connectivity index (χ0v) is 11.6. The second-order valence-corrected chi connectivity index (χ2v) is 5.09. The Morgan fingerprint density at radius 3 is 2.67 bits per heavy atom. The van der Waals surface area contributed by atoms with E-state index >= 15 is 0 Å². The van der Waals surface area contributed by atoms with Gasteiger partial charge in [0.1, 0.15) is 0 Å². The van der Waals surface area contributed by atoms with Crippen LogP contribution in [0.5, 0.6) is 11.5 Å². The van der Waals surface area contributed by atoms with Gasteiger partial charge in [-0.2, -0.15) is 4.40 Å². The Labute approximate surface area is 121 Å². The van der Waals surface area contributed by atoms with Crippen molar-refractivity contribution in [2.45, 2.75) is 0 Å². The topological polar surface area (TPSA) is 33.6 Å². The Hall–Kier alpha value is -2.81. The number of phenols is 1. The first-order valence-electron chi connectivity index (χ1n) is 6.80. The Morgan fingerprint density at radius 2 is 1.81 bits per heavy atom. The summed E-state index contributed by atoms with van der Waals surface area (Å²) in [6.45, 7) is 0. The van der Waals surface area contributed by atoms with Gasteiger partial charge in [-0.25, -0.2) is 0 Å². The molecule has 4 rings (SSSR count). The van der Waals surface area contributed by atoms with Crippen molar-refractivity contribution >= 4 is 27.1 Å². The lowest BCUT2D eigenvalue weighted by Gasteiger charge is -2.06. The number of aromatic nitrogens is 1. The van der Waals surface area contributed by atoms with Gasteiger partial charge in [-0.3, -0.25) is 0 Å². The normalized spacial score (nSPS) is 11.3. The van der Waals surface area contributed by atoms with Crippen LogP contribution in [0.3, 0.4) is 0 Å². The number of hydrogen-bond acceptors (Lipinski definition) is 2. The van der Waals surface area contributed by atoms with Crippen LogP contribution in [0.4, 0.5) is 0 Å². The van der Waals surface area contributed by atoms with Crippen molar-refractivity contribution in [3.05, 3.63) is 60.9 Å². The van der Waals surface area contributed by atoms with Gasteiger partial charge in [-0.1, -0.05) is 18.2 Å². The van der Waals surface area contributed by atoms with E-state index in [2.05, 4.69) is 24.3 Å². The molecule has 0 spiro atoms. The van der Waals surface area contributed by atoms with Gasteiger partial charge in [0.15, 0.2) is 23.9 Å². The first kappa shape index (κ1) is 12.0. The number of nitrogens with zero attached hydrogens (tertiary/aromatic N) is 1. The number of benzene rings is 2. The van der Waals surface area contributed by atoms with E-state index in [1.807, 2.05) is 35.0 Å². The fourth-order valence-corrected chi connectivity index (χ4v) is 2.84. The molecule has 0 aliphatic carbocycles. The van der Waals surface area contributed by atoms with Gasteiger partial charge in [-0.15, -0.1) is 0 Å². The Kier molecular flexibility index (Phi) is 2.48. The molecular weight excluding hydrogens is 262 g/mol. The van der Waals surface area contributed by atoms with E-state index in [1.54, 1.807) is 13.2 Å². The van der Waals surface area contributed by atoms with Crippen molar-refractivity contribution in [2.75, 3.05) is 7.11 Å². The van der Waals surface area contributed by atoms with E-state index in [9.17, 15) is 5.11 Å². The van der Waals surface area contributed by atoms with Crippen molar-refractivity contribution in [1.29, 1.82) is 0 Å². The Morgan fingerprint density at radius 1 is 0.952 bits per heavy atom. The van der Waals surface area contributed by atoms with Gasteiger partial charge in [0.05, 0.1) is 17.9 Å². The van der Waals surface area contributed by atoms with E-state index < -0.39 is 0 Å². The van der Waals surface area contributed by atoms with E-state index in [4.69, 9.17) is 4.74 Å². The molecule has 1 N–H and O–H groups in total. The van der Waals surface area contributed by atoms with Crippen molar-refractivity contribution in [3.63, 3.8) is 0 Å². The average molecular weight is 276 g/mol. The molecule has 0 amide bonds. The third kappa shape index (κ3) is 1.71. The number of fused-ring (bicyclic) bond motifs is 4. The summed E-state index contributed by atoms with van der Waals surface area (Å²) in [5, 5.41) is 14.4. The largest absolute Gasteiger partial charge is 0.504 e. The molecule has 0 bridgehead atoms. The maximum atomic E-state index is 10.3. The van der Waals surface area contributed by atoms with E-state index in [-0.39, 0.29) is 5.75 Å². The highest BCUT2D eigenvalue weighted by Crippen LogP contribution is 2.34. The molecule has 0 unspecified atom stereocenters. The number of methoxy groups -OCH3 is 1. The van der Waals surface area contributed by atoms with Crippen LogP contribution in [0.2, 0.25) is 0 Å². The quantitative estimate of drug-likeness (QED) is 0.328. The molecule has 0 aliphatic rings. The van der Waals surface area contributed by atoms with Crippen molar-refractivity contribution in [1.82, 2.24) is 0 Å². The van der Waals surface area contributed by atoms with Crippen LogP contribution in [-0.4, -0.2) is 12.2 Å². The van der Waals surface area contributed by atoms with Gasteiger partial charge in [0.2, 0.25) is 5.52 Å². The first-order valence-corrected chi connectivity index (χ1v) is 6.80. The predicted molar refractivity (Wildman–Crippen MR) is 82.8 cm³/mol. The highest BCUT2D eigenvalue weighted by molar-refractivity contribution is 5.98. The van der Waals surface area contributed by atoms with Crippen LogP contribution in [0.1, 0.15) is 0 Å². The van der Waals surface area contributed by atoms with Crippen molar-refractivity contribution in [2.24, 2.45) is 0 Å². The molecule has 0 saturated heterocycles. The number of ether oxygens (including phenoxy) is 1. The number of phenolic OH excluding ortho intramolecular Hbond substituents is 1. The summed E-state index contributed by atoms with van der Waals surface area (Å²) >= 11 is 0. The molecule has 2 heterocycles. The molecule has 2 aromatic carbocycles. The zero-order valence-electron chi connectivity index (χ0n) is 11.6. The minimum atomic E-state index is 0.178. The zero-order chi connectivity index (χ0) is 14.4. The van der Waals surface area contributed by atoms with Gasteiger partial charge in [-0.05, 0) is 29.0 Å². The SMILES string of the molecule is COc1ccc2cc3c4ccccc4cc[n+]3cc2c1O. The lowest BCUT2D eigenvalue weighted by Crippen LogP contribution is -2.20. The fourth-order valence-electron chi connectivity index (χ4n) is 2.84. The average Bonchev–Trinajstić information content (AvgIpc) is 2.54. The minimum Gasteiger partial charge on any atom is -0.504 e. The fraction of sp³-hybridized carbons (Fsp3) is 0.0556. The minimum absolute atomic E-state index is 0.178. The second-order valence-electron chi connectivity index (χ2n) is 5.09. The van der Waals surface area contributed by atoms with Crippen LogP contribution in [0, 0.1) is 0 Å². The van der Waals surface area contributed by atoms with Crippen LogP contribution in [-0.2, 0) is 0 Å². The third-order valence-corrected chi connectivity index (χ3v) is 3.92. The molecule has 21 heavy (non-hydrogen) atoms. The molecule has 0 radical (unpaired) electrons. The molecule has 4 aromatic rings. The molecular formula is C18H14NO2+. The van der Waals surface area contributed by atoms with Gasteiger partial charge >= 0.3 is 0 Å². The summed E-state index contributed by atoms with van der Waals surface area (Å²) in [5.41, 5.74) is 1.12. The smallest absolute Gasteiger partial charge is 0.219 e. The monoisotopic (exact) mass is 276 g/mol. The number of aromatic hydroxyl groups is 1. The lowest BCUT2D eigenvalue weighted by molar-refractivity contribution is -0.509. The molecule has 3 heteroatoms. The van der Waals surface area contributed by atoms with Gasteiger partial charge in [0, 0.05) is 12.1 Å². The molecule has 2 aromatic heterocycles. The summed E-state index contributed by atoms with van der Waals surface area (Å²) in [7, 11) is 1.56. The van der Waals surface area contributed by atoms with Crippen LogP contribution in [0.25, 0.3) is 27.1 Å². The Balaban J connectivity index is 2.17. The molecule has 3 nitrogen and oxygen atoms in total. The highest BCUT2D eigenvalue weighted by Gasteiger charge is 2.14. The van der Waals surface area contributed by atoms with Crippen molar-refractivity contribution in [3.8, 4) is 11.5 Å². The molecule has 0 atom stereocenters. The summed E-state index contributed by atoms with van der Waals surface area (Å²) in [6.07, 6.45) is 3.95. The molecule has 0 saturated carbocycles. The lowest BCUT2D eigenvalue weighted by atomic mass is 10.1. The standard InChI is InChI=1S/C18H13NO2/c1-21-17-7-6-13-10-16-14-5-3-2-4-12(14)8-9-19(16)11-15(13)18(17)20/h2-11H,1H3/p+1. The van der Waals surface area contributed by atoms with Gasteiger partial charge in [0.25, 0.3) is 0 Å². The Bertz CT molecular complexity index is 992. The van der Waals surface area contributed by atoms with Crippen molar-refractivity contribution < 1.29 is 14.2 Å². The number of rotatable bonds is 1. The summed E-state index contributed by atoms with van der Waals surface area (Å²) in [4.78, 5) is 0. The maximum Gasteiger partial charge on any atom is 0.219 e. The summed E-state index contributed by atoms with van der Waals surface area (Å²) < 4.78 is 7.21. The van der Waals surface area contributed by atoms with Crippen LogP contribution in [0.15, 0.2) is 60.9 Å². The first-order chi connectivity index (χ1) is 10.3. The van der Waals surface area contributed by atoms with Gasteiger partial charge < -0.3 is 9.84 Å². The number of hydrogen-bond donors (Lipinski definition) is 1. The van der Waals surface area contributed by atoms with Crippen LogP contribution < -0.4 is 9.14 Å². The molecule has 102 valence electrons. The van der Waals surface area contributed by atoms with E-state index in [0.29, 0.717) is 5.75 Å². The summed E-state index contributed by atoms with van der Waals surface area (Å²) in [6, 6.07) is 16.2. The second kappa shape index (κ2) is 4.35. The highest BCUT2D eigenvalue weighted by atomic mass is 16.5.